The molecule has 0 atom stereocenters. The van der Waals surface area contributed by atoms with E-state index in [0.29, 0.717) is 40.4 Å². The minimum absolute atomic E-state index is 0.210. The van der Waals surface area contributed by atoms with Gasteiger partial charge in [0.2, 0.25) is 0 Å². The average Bonchev–Trinajstić information content (AvgIpc) is 3.72. The van der Waals surface area contributed by atoms with Crippen molar-refractivity contribution in [2.45, 2.75) is 46.2 Å². The lowest BCUT2D eigenvalue weighted by molar-refractivity contribution is 0.0781. The Labute approximate surface area is 237 Å². The molecule has 1 aliphatic heterocycles. The molecule has 2 N–H and O–H groups in total. The Morgan fingerprint density at radius 3 is 2.73 bits per heavy atom. The molecule has 1 saturated heterocycles. The van der Waals surface area contributed by atoms with Gasteiger partial charge in [-0.05, 0) is 70.9 Å². The summed E-state index contributed by atoms with van der Waals surface area (Å²) in [6, 6.07) is 6.75. The van der Waals surface area contributed by atoms with Crippen molar-refractivity contribution in [3.05, 3.63) is 58.1 Å². The number of amides is 2. The largest absolute Gasteiger partial charge is 0.351 e. The second-order valence-electron chi connectivity index (χ2n) is 10.1. The Balaban J connectivity index is 1.35. The number of hydrogen-bond acceptors (Lipinski definition) is 7. The van der Waals surface area contributed by atoms with E-state index in [4.69, 9.17) is 11.6 Å². The first kappa shape index (κ1) is 27.7. The molecule has 4 heterocycles. The number of aryl methyl sites for hydroxylation is 1. The Morgan fingerprint density at radius 2 is 1.98 bits per heavy atom. The van der Waals surface area contributed by atoms with Gasteiger partial charge in [0.05, 0.1) is 11.7 Å². The van der Waals surface area contributed by atoms with Crippen molar-refractivity contribution in [1.82, 2.24) is 45.1 Å². The summed E-state index contributed by atoms with van der Waals surface area (Å²) in [4.78, 5) is 39.6. The van der Waals surface area contributed by atoms with Crippen LogP contribution < -0.4 is 5.32 Å². The summed E-state index contributed by atoms with van der Waals surface area (Å²) in [7, 11) is 1.73. The standard InChI is InChI=1S/C28H34ClN9O2/c1-4-38-18(2)19(16-31-38)17-36(3)28(40)25-21-14-20(29)8-9-22(21)32-26(33-25)23-15-24(35-34-23)27(39)30-10-7-13-37-11-5-6-12-37/h8-9,14-16H,4-7,10-13,17H2,1-3H3,(H,30,39)(H,34,35). The number of nitrogens with one attached hydrogen (secondary N) is 2. The van der Waals surface area contributed by atoms with Crippen molar-refractivity contribution in [3.63, 3.8) is 0 Å². The van der Waals surface area contributed by atoms with Crippen LogP contribution in [0.1, 0.15) is 58.4 Å². The summed E-state index contributed by atoms with van der Waals surface area (Å²) in [5, 5.41) is 15.4. The summed E-state index contributed by atoms with van der Waals surface area (Å²) in [5.41, 5.74) is 3.41. The van der Waals surface area contributed by atoms with Crippen LogP contribution in [0.3, 0.4) is 0 Å². The van der Waals surface area contributed by atoms with Crippen LogP contribution in [0, 0.1) is 6.92 Å². The lowest BCUT2D eigenvalue weighted by Gasteiger charge is -2.18. The maximum atomic E-state index is 13.7. The van der Waals surface area contributed by atoms with Crippen LogP contribution in [-0.4, -0.2) is 84.8 Å². The molecule has 3 aromatic heterocycles. The average molecular weight is 564 g/mol. The van der Waals surface area contributed by atoms with Crippen LogP contribution in [0.25, 0.3) is 22.4 Å². The molecule has 0 bridgehead atoms. The van der Waals surface area contributed by atoms with E-state index >= 15 is 0 Å². The molecular weight excluding hydrogens is 530 g/mol. The number of carbonyl (C=O) groups excluding carboxylic acids is 2. The van der Waals surface area contributed by atoms with E-state index in [1.54, 1.807) is 42.4 Å². The summed E-state index contributed by atoms with van der Waals surface area (Å²) in [5.74, 6) is -0.288. The number of halogens is 1. The van der Waals surface area contributed by atoms with Crippen LogP contribution in [-0.2, 0) is 13.1 Å². The van der Waals surface area contributed by atoms with Gasteiger partial charge in [-0.1, -0.05) is 11.6 Å². The number of H-pyrrole nitrogens is 1. The maximum absolute atomic E-state index is 13.7. The number of likely N-dealkylation sites (tertiary alicyclic amines) is 1. The Hall–Kier alpha value is -3.83. The van der Waals surface area contributed by atoms with Gasteiger partial charge in [0.15, 0.2) is 5.82 Å². The molecule has 0 radical (unpaired) electrons. The summed E-state index contributed by atoms with van der Waals surface area (Å²) >= 11 is 6.27. The van der Waals surface area contributed by atoms with Crippen LogP contribution in [0.4, 0.5) is 0 Å². The molecule has 40 heavy (non-hydrogen) atoms. The lowest BCUT2D eigenvalue weighted by Crippen LogP contribution is -2.28. The highest BCUT2D eigenvalue weighted by Gasteiger charge is 2.22. The number of benzene rings is 1. The zero-order valence-electron chi connectivity index (χ0n) is 23.1. The molecule has 12 heteroatoms. The van der Waals surface area contributed by atoms with Crippen LogP contribution in [0.5, 0.6) is 0 Å². The predicted molar refractivity (Wildman–Crippen MR) is 153 cm³/mol. The number of hydrogen-bond donors (Lipinski definition) is 2. The zero-order valence-corrected chi connectivity index (χ0v) is 23.8. The number of nitrogens with zero attached hydrogens (tertiary/aromatic N) is 7. The van der Waals surface area contributed by atoms with Crippen molar-refractivity contribution in [3.8, 4) is 11.5 Å². The third-order valence-corrected chi connectivity index (χ3v) is 7.54. The molecule has 1 aromatic carbocycles. The molecule has 5 rings (SSSR count). The number of aromatic nitrogens is 6. The van der Waals surface area contributed by atoms with Gasteiger partial charge in [-0.15, -0.1) is 0 Å². The highest BCUT2D eigenvalue weighted by Crippen LogP contribution is 2.25. The fraction of sp³-hybridized carbons (Fsp3) is 0.429. The number of fused-ring (bicyclic) bond motifs is 1. The van der Waals surface area contributed by atoms with Gasteiger partial charge < -0.3 is 15.1 Å². The number of aromatic amines is 1. The molecule has 11 nitrogen and oxygen atoms in total. The molecular formula is C28H34ClN9O2. The van der Waals surface area contributed by atoms with Gasteiger partial charge >= 0.3 is 0 Å². The normalized spacial score (nSPS) is 13.7. The molecule has 0 unspecified atom stereocenters. The van der Waals surface area contributed by atoms with Crippen LogP contribution in [0.15, 0.2) is 30.5 Å². The first-order valence-corrected chi connectivity index (χ1v) is 14.0. The predicted octanol–water partition coefficient (Wildman–Crippen LogP) is 3.69. The Morgan fingerprint density at radius 1 is 1.18 bits per heavy atom. The fourth-order valence-corrected chi connectivity index (χ4v) is 5.18. The molecule has 210 valence electrons. The lowest BCUT2D eigenvalue weighted by atomic mass is 10.1. The van der Waals surface area contributed by atoms with E-state index in [2.05, 4.69) is 35.5 Å². The smallest absolute Gasteiger partial charge is 0.273 e. The van der Waals surface area contributed by atoms with Gasteiger partial charge in [0.25, 0.3) is 11.8 Å². The number of rotatable bonds is 10. The van der Waals surface area contributed by atoms with Crippen molar-refractivity contribution in [2.75, 3.05) is 33.2 Å². The first-order chi connectivity index (χ1) is 19.3. The van der Waals surface area contributed by atoms with E-state index < -0.39 is 0 Å². The summed E-state index contributed by atoms with van der Waals surface area (Å²) in [6.07, 6.45) is 5.18. The SMILES string of the molecule is CCn1ncc(CN(C)C(=O)c2nc(-c3cc(C(=O)NCCCN4CCCC4)[nH]n3)nc3ccc(Cl)cc23)c1C. The van der Waals surface area contributed by atoms with Gasteiger partial charge in [-0.2, -0.15) is 10.2 Å². The highest BCUT2D eigenvalue weighted by atomic mass is 35.5. The summed E-state index contributed by atoms with van der Waals surface area (Å²) < 4.78 is 1.89. The maximum Gasteiger partial charge on any atom is 0.273 e. The minimum Gasteiger partial charge on any atom is -0.351 e. The van der Waals surface area contributed by atoms with Gasteiger partial charge in [0.1, 0.15) is 17.1 Å². The Bertz CT molecular complexity index is 1520. The topological polar surface area (TPSA) is 125 Å². The molecule has 1 fully saturated rings. The van der Waals surface area contributed by atoms with Crippen molar-refractivity contribution >= 4 is 34.3 Å². The summed E-state index contributed by atoms with van der Waals surface area (Å²) in [6.45, 7) is 8.98. The fourth-order valence-electron chi connectivity index (χ4n) is 5.00. The monoisotopic (exact) mass is 563 g/mol. The van der Waals surface area contributed by atoms with Crippen molar-refractivity contribution < 1.29 is 9.59 Å². The van der Waals surface area contributed by atoms with E-state index in [1.165, 1.54) is 12.8 Å². The quantitative estimate of drug-likeness (QED) is 0.282. The van der Waals surface area contributed by atoms with E-state index in [1.807, 2.05) is 18.5 Å². The van der Waals surface area contributed by atoms with E-state index in [-0.39, 0.29) is 23.3 Å². The van der Waals surface area contributed by atoms with E-state index in [0.717, 1.165) is 43.9 Å². The third-order valence-electron chi connectivity index (χ3n) is 7.31. The first-order valence-electron chi connectivity index (χ1n) is 13.6. The zero-order chi connectivity index (χ0) is 28.2. The molecule has 0 spiro atoms. The molecule has 1 aliphatic rings. The molecule has 0 aliphatic carbocycles. The van der Waals surface area contributed by atoms with Crippen molar-refractivity contribution in [1.29, 1.82) is 0 Å². The molecule has 0 saturated carbocycles. The molecule has 2 amide bonds. The number of carbonyl (C=O) groups is 2. The second-order valence-corrected chi connectivity index (χ2v) is 10.6. The van der Waals surface area contributed by atoms with Gasteiger partial charge in [0, 0.05) is 54.4 Å². The Kier molecular flexibility index (Phi) is 8.41. The second kappa shape index (κ2) is 12.1. The van der Waals surface area contributed by atoms with Crippen LogP contribution in [0.2, 0.25) is 5.02 Å². The highest BCUT2D eigenvalue weighted by molar-refractivity contribution is 6.31. The van der Waals surface area contributed by atoms with Crippen molar-refractivity contribution in [2.24, 2.45) is 0 Å². The van der Waals surface area contributed by atoms with Gasteiger partial charge in [-0.3, -0.25) is 19.4 Å². The molecule has 4 aromatic rings. The van der Waals surface area contributed by atoms with E-state index in [9.17, 15) is 9.59 Å². The minimum atomic E-state index is -0.286. The van der Waals surface area contributed by atoms with Crippen LogP contribution >= 0.6 is 11.6 Å². The third kappa shape index (κ3) is 6.00. The van der Waals surface area contributed by atoms with Gasteiger partial charge in [-0.25, -0.2) is 9.97 Å².